The average Bonchev–Trinajstić information content (AvgIpc) is 2.73. The van der Waals surface area contributed by atoms with Gasteiger partial charge in [0, 0.05) is 5.69 Å². The maximum absolute atomic E-state index is 12.8. The van der Waals surface area contributed by atoms with E-state index in [4.69, 9.17) is 0 Å². The summed E-state index contributed by atoms with van der Waals surface area (Å²) in [5.74, 6) is -0.246. The van der Waals surface area contributed by atoms with Crippen molar-refractivity contribution < 1.29 is 9.18 Å². The second kappa shape index (κ2) is 5.44. The minimum absolute atomic E-state index is 0.0119. The van der Waals surface area contributed by atoms with Crippen molar-refractivity contribution in [2.45, 2.75) is 13.5 Å². The van der Waals surface area contributed by atoms with Crippen molar-refractivity contribution in [2.24, 2.45) is 0 Å². The molecule has 2 rings (SSSR count). The molecule has 3 nitrogen and oxygen atoms in total. The molecule has 0 radical (unpaired) electrons. The Hall–Kier alpha value is -1.49. The number of carbonyl (C=O) groups excluding carboxylic acids is 1. The number of ketones is 1. The molecule has 1 aromatic heterocycles. The molecule has 0 aliphatic heterocycles. The molecule has 0 aliphatic rings. The van der Waals surface area contributed by atoms with Crippen LogP contribution in [-0.2, 0) is 6.54 Å². The van der Waals surface area contributed by atoms with Crippen LogP contribution in [0.3, 0.4) is 0 Å². The van der Waals surface area contributed by atoms with Gasteiger partial charge < -0.3 is 0 Å². The van der Waals surface area contributed by atoms with Crippen LogP contribution in [0.2, 0.25) is 0 Å². The number of aromatic nitrogens is 2. The molecule has 0 amide bonds. The van der Waals surface area contributed by atoms with Gasteiger partial charge in [0.05, 0.1) is 23.6 Å². The van der Waals surface area contributed by atoms with Gasteiger partial charge in [0.2, 0.25) is 0 Å². The van der Waals surface area contributed by atoms with Gasteiger partial charge in [0.25, 0.3) is 0 Å². The molecule has 0 N–H and O–H groups in total. The number of Topliss-reactive ketones (excluding diaryl/α,β-unsaturated/α-hetero) is 1. The summed E-state index contributed by atoms with van der Waals surface area (Å²) in [5.41, 5.74) is 2.39. The molecule has 0 saturated heterocycles. The van der Waals surface area contributed by atoms with Crippen LogP contribution in [-0.4, -0.2) is 20.9 Å². The highest BCUT2D eigenvalue weighted by Crippen LogP contribution is 2.12. The van der Waals surface area contributed by atoms with E-state index < -0.39 is 0 Å². The Labute approximate surface area is 113 Å². The summed E-state index contributed by atoms with van der Waals surface area (Å²) in [4.78, 5) is 11.6. The third kappa shape index (κ3) is 2.67. The quantitative estimate of drug-likeness (QED) is 0.643. The number of alkyl halides is 1. The van der Waals surface area contributed by atoms with Gasteiger partial charge in [-0.05, 0) is 24.6 Å². The molecule has 0 unspecified atom stereocenters. The minimum Gasteiger partial charge on any atom is -0.293 e. The normalized spacial score (nSPS) is 10.6. The van der Waals surface area contributed by atoms with Crippen molar-refractivity contribution in [1.29, 1.82) is 0 Å². The summed E-state index contributed by atoms with van der Waals surface area (Å²) in [6.45, 7) is 2.38. The van der Waals surface area contributed by atoms with Crippen LogP contribution in [0.15, 0.2) is 30.5 Å². The first kappa shape index (κ1) is 13.0. The largest absolute Gasteiger partial charge is 0.293 e. The molecule has 0 atom stereocenters. The molecule has 1 aromatic carbocycles. The Morgan fingerprint density at radius 2 is 2.06 bits per heavy atom. The first-order valence-electron chi connectivity index (χ1n) is 5.48. The maximum Gasteiger partial charge on any atom is 0.176 e. The fourth-order valence-electron chi connectivity index (χ4n) is 1.71. The van der Waals surface area contributed by atoms with E-state index in [-0.39, 0.29) is 16.9 Å². The van der Waals surface area contributed by atoms with Gasteiger partial charge in [0.1, 0.15) is 5.82 Å². The molecule has 5 heteroatoms. The molecule has 1 heterocycles. The van der Waals surface area contributed by atoms with Gasteiger partial charge in [-0.15, -0.1) is 0 Å². The number of benzene rings is 1. The van der Waals surface area contributed by atoms with E-state index in [1.54, 1.807) is 23.0 Å². The zero-order valence-electron chi connectivity index (χ0n) is 9.86. The second-order valence-electron chi connectivity index (χ2n) is 3.98. The van der Waals surface area contributed by atoms with Crippen molar-refractivity contribution in [1.82, 2.24) is 9.78 Å². The summed E-state index contributed by atoms with van der Waals surface area (Å²) in [6.07, 6.45) is 1.57. The lowest BCUT2D eigenvalue weighted by molar-refractivity contribution is 0.102. The minimum atomic E-state index is -0.258. The Bertz CT molecular complexity index is 563. The summed E-state index contributed by atoms with van der Waals surface area (Å²) < 4.78 is 14.5. The molecule has 18 heavy (non-hydrogen) atoms. The summed E-state index contributed by atoms with van der Waals surface area (Å²) in [7, 11) is 0. The van der Waals surface area contributed by atoms with E-state index in [0.29, 0.717) is 12.1 Å². The number of hydrogen-bond donors (Lipinski definition) is 0. The van der Waals surface area contributed by atoms with Crippen LogP contribution in [0, 0.1) is 12.7 Å². The summed E-state index contributed by atoms with van der Waals surface area (Å²) in [6, 6.07) is 6.25. The topological polar surface area (TPSA) is 34.9 Å². The van der Waals surface area contributed by atoms with Crippen LogP contribution < -0.4 is 0 Å². The van der Waals surface area contributed by atoms with Crippen molar-refractivity contribution in [3.05, 3.63) is 53.1 Å². The third-order valence-electron chi connectivity index (χ3n) is 2.77. The Morgan fingerprint density at radius 3 is 2.67 bits per heavy atom. The van der Waals surface area contributed by atoms with Gasteiger partial charge in [-0.1, -0.05) is 28.1 Å². The smallest absolute Gasteiger partial charge is 0.176 e. The predicted octanol–water partition coefficient (Wildman–Crippen LogP) is 2.96. The van der Waals surface area contributed by atoms with Crippen molar-refractivity contribution >= 4 is 21.7 Å². The van der Waals surface area contributed by atoms with E-state index >= 15 is 0 Å². The zero-order chi connectivity index (χ0) is 13.1. The van der Waals surface area contributed by atoms with Crippen LogP contribution in [0.4, 0.5) is 4.39 Å². The maximum atomic E-state index is 12.8. The number of rotatable bonds is 4. The van der Waals surface area contributed by atoms with E-state index in [1.165, 1.54) is 12.1 Å². The van der Waals surface area contributed by atoms with Crippen molar-refractivity contribution in [3.63, 3.8) is 0 Å². The van der Waals surface area contributed by atoms with Crippen molar-refractivity contribution in [2.75, 3.05) is 5.33 Å². The van der Waals surface area contributed by atoms with Crippen LogP contribution in [0.5, 0.6) is 0 Å². The molecule has 0 fully saturated rings. The first-order chi connectivity index (χ1) is 8.61. The molecule has 2 aromatic rings. The highest BCUT2D eigenvalue weighted by molar-refractivity contribution is 9.09. The number of hydrogen-bond acceptors (Lipinski definition) is 2. The number of halogens is 2. The van der Waals surface area contributed by atoms with Gasteiger partial charge in [-0.25, -0.2) is 4.39 Å². The van der Waals surface area contributed by atoms with Crippen LogP contribution >= 0.6 is 15.9 Å². The molecule has 0 bridgehead atoms. The lowest BCUT2D eigenvalue weighted by Crippen LogP contribution is -2.06. The predicted molar refractivity (Wildman–Crippen MR) is 70.6 cm³/mol. The Kier molecular flexibility index (Phi) is 3.91. The number of nitrogens with zero attached hydrogens (tertiary/aromatic N) is 2. The molecule has 0 aliphatic carbocycles. The fourth-order valence-corrected chi connectivity index (χ4v) is 2.02. The lowest BCUT2D eigenvalue weighted by Gasteiger charge is -2.05. The fraction of sp³-hybridized carbons (Fsp3) is 0.231. The van der Waals surface area contributed by atoms with Gasteiger partial charge in [-0.3, -0.25) is 9.48 Å². The lowest BCUT2D eigenvalue weighted by atomic mass is 10.2. The summed E-state index contributed by atoms with van der Waals surface area (Å²) in [5, 5.41) is 4.47. The van der Waals surface area contributed by atoms with E-state index in [2.05, 4.69) is 21.0 Å². The van der Waals surface area contributed by atoms with Crippen molar-refractivity contribution in [3.8, 4) is 0 Å². The first-order valence-corrected chi connectivity index (χ1v) is 6.60. The van der Waals surface area contributed by atoms with E-state index in [1.807, 2.05) is 6.92 Å². The Balaban J connectivity index is 2.22. The number of carbonyl (C=O) groups is 1. The summed E-state index contributed by atoms with van der Waals surface area (Å²) >= 11 is 3.14. The monoisotopic (exact) mass is 310 g/mol. The highest BCUT2D eigenvalue weighted by atomic mass is 79.9. The van der Waals surface area contributed by atoms with Crippen LogP contribution in [0.1, 0.15) is 21.6 Å². The SMILES string of the molecule is Cc1c(C(=O)CBr)cnn1Cc1ccc(F)cc1. The van der Waals surface area contributed by atoms with Crippen LogP contribution in [0.25, 0.3) is 0 Å². The molecular formula is C13H12BrFN2O. The molecule has 0 saturated carbocycles. The molecule has 0 spiro atoms. The van der Waals surface area contributed by atoms with E-state index in [9.17, 15) is 9.18 Å². The average molecular weight is 311 g/mol. The van der Waals surface area contributed by atoms with Gasteiger partial charge in [0.15, 0.2) is 5.78 Å². The Morgan fingerprint density at radius 1 is 1.39 bits per heavy atom. The molecular weight excluding hydrogens is 299 g/mol. The van der Waals surface area contributed by atoms with Gasteiger partial charge in [-0.2, -0.15) is 5.10 Å². The second-order valence-corrected chi connectivity index (χ2v) is 4.55. The van der Waals surface area contributed by atoms with Gasteiger partial charge >= 0.3 is 0 Å². The zero-order valence-corrected chi connectivity index (χ0v) is 11.4. The third-order valence-corrected chi connectivity index (χ3v) is 3.28. The highest BCUT2D eigenvalue weighted by Gasteiger charge is 2.12. The molecule has 94 valence electrons. The van der Waals surface area contributed by atoms with E-state index in [0.717, 1.165) is 11.3 Å². The standard InChI is InChI=1S/C13H12BrFN2O/c1-9-12(13(18)6-14)7-16-17(9)8-10-2-4-11(15)5-3-10/h2-5,7H,6,8H2,1H3.